The first kappa shape index (κ1) is 14.1. The summed E-state index contributed by atoms with van der Waals surface area (Å²) in [6.07, 6.45) is -0.566. The summed E-state index contributed by atoms with van der Waals surface area (Å²) in [5.41, 5.74) is 2.03. The Morgan fingerprint density at radius 2 is 2.10 bits per heavy atom. The number of hydrogen-bond acceptors (Lipinski definition) is 5. The maximum atomic E-state index is 10.7. The highest BCUT2D eigenvalue weighted by molar-refractivity contribution is 5.67. The van der Waals surface area contributed by atoms with Crippen LogP contribution in [0.1, 0.15) is 12.0 Å². The van der Waals surface area contributed by atoms with E-state index in [1.807, 2.05) is 31.2 Å². The minimum Gasteiger partial charge on any atom is -0.481 e. The van der Waals surface area contributed by atoms with Gasteiger partial charge >= 0.3 is 5.97 Å². The molecule has 0 bridgehead atoms. The fraction of sp³-hybridized carbons (Fsp3) is 0.385. The molecule has 0 aliphatic rings. The van der Waals surface area contributed by atoms with E-state index < -0.39 is 12.1 Å². The van der Waals surface area contributed by atoms with Crippen molar-refractivity contribution in [3.8, 4) is 11.4 Å². The zero-order chi connectivity index (χ0) is 14.5. The van der Waals surface area contributed by atoms with Crippen LogP contribution >= 0.6 is 0 Å². The lowest BCUT2D eigenvalue weighted by atomic mass is 10.1. The summed E-state index contributed by atoms with van der Waals surface area (Å²) in [7, 11) is 1.48. The summed E-state index contributed by atoms with van der Waals surface area (Å²) in [5.74, 6) is -0.320. The number of aromatic nitrogens is 4. The Kier molecular flexibility index (Phi) is 4.41. The first-order valence-corrected chi connectivity index (χ1v) is 6.18. The van der Waals surface area contributed by atoms with E-state index in [2.05, 4.69) is 15.5 Å². The number of carbonyl (C=O) groups is 1. The Bertz CT molecular complexity index is 580. The van der Waals surface area contributed by atoms with Crippen molar-refractivity contribution in [2.75, 3.05) is 7.11 Å². The van der Waals surface area contributed by atoms with Crippen LogP contribution in [0.25, 0.3) is 11.4 Å². The van der Waals surface area contributed by atoms with Gasteiger partial charge in [-0.3, -0.25) is 4.79 Å². The van der Waals surface area contributed by atoms with Gasteiger partial charge in [-0.25, -0.2) is 4.68 Å². The van der Waals surface area contributed by atoms with Gasteiger partial charge in [0, 0.05) is 12.7 Å². The van der Waals surface area contributed by atoms with E-state index in [-0.39, 0.29) is 6.42 Å². The number of aliphatic carboxylic acids is 1. The van der Waals surface area contributed by atoms with Crippen molar-refractivity contribution in [3.63, 3.8) is 0 Å². The number of methoxy groups -OCH3 is 1. The van der Waals surface area contributed by atoms with Gasteiger partial charge in [0.1, 0.15) is 0 Å². The molecule has 1 aromatic carbocycles. The summed E-state index contributed by atoms with van der Waals surface area (Å²) in [4.78, 5) is 10.7. The standard InChI is InChI=1S/C13H16N4O3/c1-9-3-5-10(6-4-9)13-14-15-16-17(13)8-11(20-2)7-12(18)19/h3-6,11H,7-8H2,1-2H3,(H,18,19). The number of rotatable bonds is 6. The molecule has 0 saturated carbocycles. The van der Waals surface area contributed by atoms with E-state index in [4.69, 9.17) is 9.84 Å². The average Bonchev–Trinajstić information content (AvgIpc) is 2.86. The maximum absolute atomic E-state index is 10.7. The smallest absolute Gasteiger partial charge is 0.306 e. The molecule has 20 heavy (non-hydrogen) atoms. The van der Waals surface area contributed by atoms with Gasteiger partial charge in [0.15, 0.2) is 5.82 Å². The molecule has 1 heterocycles. The molecule has 0 amide bonds. The molecule has 1 aromatic heterocycles. The second-order valence-electron chi connectivity index (χ2n) is 4.51. The highest BCUT2D eigenvalue weighted by Crippen LogP contribution is 2.17. The summed E-state index contributed by atoms with van der Waals surface area (Å²) < 4.78 is 6.70. The third-order valence-electron chi connectivity index (χ3n) is 2.95. The minimum absolute atomic E-state index is 0.0936. The second-order valence-corrected chi connectivity index (χ2v) is 4.51. The van der Waals surface area contributed by atoms with Crippen LogP contribution in [-0.4, -0.2) is 44.5 Å². The van der Waals surface area contributed by atoms with E-state index in [1.54, 1.807) is 4.68 Å². The SMILES string of the molecule is COC(CC(=O)O)Cn1nnnc1-c1ccc(C)cc1. The number of carboxylic acids is 1. The molecule has 1 atom stereocenters. The van der Waals surface area contributed by atoms with Gasteiger partial charge in [0.2, 0.25) is 0 Å². The molecule has 2 aromatic rings. The molecular formula is C13H16N4O3. The molecule has 0 spiro atoms. The van der Waals surface area contributed by atoms with Crippen LogP contribution in [0.4, 0.5) is 0 Å². The molecule has 7 heteroatoms. The Hall–Kier alpha value is -2.28. The zero-order valence-electron chi connectivity index (χ0n) is 11.4. The first-order chi connectivity index (χ1) is 9.60. The van der Waals surface area contributed by atoms with Crippen molar-refractivity contribution in [1.29, 1.82) is 0 Å². The number of ether oxygens (including phenoxy) is 1. The lowest BCUT2D eigenvalue weighted by molar-refractivity contribution is -0.139. The van der Waals surface area contributed by atoms with Gasteiger partial charge in [0.25, 0.3) is 0 Å². The van der Waals surface area contributed by atoms with Crippen LogP contribution < -0.4 is 0 Å². The topological polar surface area (TPSA) is 90.1 Å². The molecule has 0 aliphatic carbocycles. The van der Waals surface area contributed by atoms with Crippen LogP contribution in [0.2, 0.25) is 0 Å². The van der Waals surface area contributed by atoms with Crippen LogP contribution in [0.3, 0.4) is 0 Å². The molecule has 7 nitrogen and oxygen atoms in total. The van der Waals surface area contributed by atoms with Gasteiger partial charge in [-0.05, 0) is 17.4 Å². The number of nitrogens with zero attached hydrogens (tertiary/aromatic N) is 4. The van der Waals surface area contributed by atoms with Crippen LogP contribution in [0.15, 0.2) is 24.3 Å². The Morgan fingerprint density at radius 1 is 1.40 bits per heavy atom. The van der Waals surface area contributed by atoms with Crippen LogP contribution in [0, 0.1) is 6.92 Å². The van der Waals surface area contributed by atoms with E-state index in [9.17, 15) is 4.79 Å². The Morgan fingerprint density at radius 3 is 2.70 bits per heavy atom. The first-order valence-electron chi connectivity index (χ1n) is 6.18. The highest BCUT2D eigenvalue weighted by atomic mass is 16.5. The summed E-state index contributed by atoms with van der Waals surface area (Å²) >= 11 is 0. The van der Waals surface area contributed by atoms with Crippen molar-refractivity contribution in [3.05, 3.63) is 29.8 Å². The minimum atomic E-state index is -0.915. The number of aryl methyl sites for hydroxylation is 1. The predicted molar refractivity (Wildman–Crippen MR) is 71.0 cm³/mol. The summed E-state index contributed by atoms with van der Waals surface area (Å²) in [5, 5.41) is 20.3. The van der Waals surface area contributed by atoms with Crippen molar-refractivity contribution in [1.82, 2.24) is 20.2 Å². The summed E-state index contributed by atoms with van der Waals surface area (Å²) in [6, 6.07) is 7.80. The van der Waals surface area contributed by atoms with E-state index >= 15 is 0 Å². The monoisotopic (exact) mass is 276 g/mol. The predicted octanol–water partition coefficient (Wildman–Crippen LogP) is 1.14. The summed E-state index contributed by atoms with van der Waals surface area (Å²) in [6.45, 7) is 2.29. The molecule has 1 unspecified atom stereocenters. The van der Waals surface area contributed by atoms with Gasteiger partial charge in [-0.15, -0.1) is 5.10 Å². The van der Waals surface area contributed by atoms with Crippen molar-refractivity contribution >= 4 is 5.97 Å². The number of benzene rings is 1. The number of carboxylic acid groups (broad SMARTS) is 1. The quantitative estimate of drug-likeness (QED) is 0.850. The van der Waals surface area contributed by atoms with Gasteiger partial charge in [0.05, 0.1) is 19.1 Å². The maximum Gasteiger partial charge on any atom is 0.306 e. The van der Waals surface area contributed by atoms with E-state index in [0.717, 1.165) is 11.1 Å². The second kappa shape index (κ2) is 6.25. The third kappa shape index (κ3) is 3.39. The largest absolute Gasteiger partial charge is 0.481 e. The molecule has 2 rings (SSSR count). The molecule has 0 saturated heterocycles. The lowest BCUT2D eigenvalue weighted by Gasteiger charge is -2.13. The third-order valence-corrected chi connectivity index (χ3v) is 2.95. The number of tetrazole rings is 1. The van der Waals surface area contributed by atoms with Gasteiger partial charge < -0.3 is 9.84 Å². The Balaban J connectivity index is 2.19. The highest BCUT2D eigenvalue weighted by Gasteiger charge is 2.17. The fourth-order valence-corrected chi connectivity index (χ4v) is 1.85. The van der Waals surface area contributed by atoms with Crippen molar-refractivity contribution in [2.24, 2.45) is 0 Å². The fourth-order valence-electron chi connectivity index (χ4n) is 1.85. The molecular weight excluding hydrogens is 260 g/mol. The normalized spacial score (nSPS) is 12.3. The molecule has 0 fully saturated rings. The Labute approximate surface area is 116 Å². The van der Waals surface area contributed by atoms with Crippen LogP contribution in [0.5, 0.6) is 0 Å². The van der Waals surface area contributed by atoms with E-state index in [1.165, 1.54) is 7.11 Å². The van der Waals surface area contributed by atoms with E-state index in [0.29, 0.717) is 12.4 Å². The van der Waals surface area contributed by atoms with Crippen LogP contribution in [-0.2, 0) is 16.1 Å². The molecule has 0 aliphatic heterocycles. The van der Waals surface area contributed by atoms with Crippen molar-refractivity contribution in [2.45, 2.75) is 26.0 Å². The van der Waals surface area contributed by atoms with Gasteiger partial charge in [-0.2, -0.15) is 0 Å². The molecule has 106 valence electrons. The average molecular weight is 276 g/mol. The van der Waals surface area contributed by atoms with Gasteiger partial charge in [-0.1, -0.05) is 29.8 Å². The zero-order valence-corrected chi connectivity index (χ0v) is 11.4. The lowest BCUT2D eigenvalue weighted by Crippen LogP contribution is -2.23. The molecule has 0 radical (unpaired) electrons. The number of hydrogen-bond donors (Lipinski definition) is 1. The molecule has 1 N–H and O–H groups in total. The van der Waals surface area contributed by atoms with Crippen molar-refractivity contribution < 1.29 is 14.6 Å².